The van der Waals surface area contributed by atoms with E-state index < -0.39 is 11.6 Å². The summed E-state index contributed by atoms with van der Waals surface area (Å²) >= 11 is 0. The number of hydrogen-bond acceptors (Lipinski definition) is 4. The van der Waals surface area contributed by atoms with E-state index in [2.05, 4.69) is 20.9 Å². The molecule has 0 amide bonds. The third kappa shape index (κ3) is 3.28. The van der Waals surface area contributed by atoms with Gasteiger partial charge in [0.05, 0.1) is 0 Å². The van der Waals surface area contributed by atoms with Crippen molar-refractivity contribution in [2.75, 3.05) is 25.0 Å². The molecule has 0 saturated carbocycles. The maximum atomic E-state index is 13.7. The predicted molar refractivity (Wildman–Crippen MR) is 97.2 cm³/mol. The van der Waals surface area contributed by atoms with E-state index in [1.807, 2.05) is 24.1 Å². The van der Waals surface area contributed by atoms with Crippen LogP contribution >= 0.6 is 0 Å². The van der Waals surface area contributed by atoms with Gasteiger partial charge in [-0.2, -0.15) is 0 Å². The molecule has 0 unspecified atom stereocenters. The lowest BCUT2D eigenvalue weighted by Crippen LogP contribution is -2.26. The molecule has 1 aliphatic rings. The van der Waals surface area contributed by atoms with E-state index in [1.165, 1.54) is 12.1 Å². The van der Waals surface area contributed by atoms with Crippen LogP contribution in [0.4, 0.5) is 20.2 Å². The lowest BCUT2D eigenvalue weighted by molar-refractivity contribution is 0.343. The van der Waals surface area contributed by atoms with Crippen LogP contribution in [0.1, 0.15) is 5.56 Å². The van der Waals surface area contributed by atoms with Crippen LogP contribution in [-0.2, 0) is 6.54 Å². The van der Waals surface area contributed by atoms with Gasteiger partial charge < -0.3 is 9.80 Å². The maximum absolute atomic E-state index is 13.7. The third-order valence-electron chi connectivity index (χ3n) is 4.50. The fourth-order valence-electron chi connectivity index (χ4n) is 3.29. The van der Waals surface area contributed by atoms with Gasteiger partial charge in [0, 0.05) is 55.0 Å². The van der Waals surface area contributed by atoms with Gasteiger partial charge in [0.2, 0.25) is 0 Å². The molecule has 2 heterocycles. The van der Waals surface area contributed by atoms with Crippen molar-refractivity contribution in [3.05, 3.63) is 72.1 Å². The molecule has 132 valence electrons. The number of halogens is 2. The van der Waals surface area contributed by atoms with E-state index in [1.54, 1.807) is 18.5 Å². The molecule has 4 rings (SSSR count). The van der Waals surface area contributed by atoms with E-state index in [-0.39, 0.29) is 0 Å². The first-order valence-corrected chi connectivity index (χ1v) is 8.42. The van der Waals surface area contributed by atoms with Crippen LogP contribution in [-0.4, -0.2) is 35.0 Å². The highest BCUT2D eigenvalue weighted by atomic mass is 19.1. The smallest absolute Gasteiger partial charge is 0.159 e. The number of hydrogen-bond donors (Lipinski definition) is 0. The van der Waals surface area contributed by atoms with Crippen LogP contribution < -0.4 is 4.90 Å². The average Bonchev–Trinajstić information content (AvgIpc) is 2.79. The van der Waals surface area contributed by atoms with Crippen molar-refractivity contribution >= 4 is 11.4 Å². The van der Waals surface area contributed by atoms with E-state index in [0.29, 0.717) is 18.1 Å². The van der Waals surface area contributed by atoms with Gasteiger partial charge >= 0.3 is 0 Å². The molecule has 0 spiro atoms. The Labute approximate surface area is 150 Å². The van der Waals surface area contributed by atoms with E-state index in [9.17, 15) is 8.78 Å². The lowest BCUT2D eigenvalue weighted by atomic mass is 10.1. The Morgan fingerprint density at radius 1 is 0.923 bits per heavy atom. The zero-order valence-corrected chi connectivity index (χ0v) is 14.4. The molecular formula is C20H18F2N4. The minimum absolute atomic E-state index is 0.516. The normalized spacial score (nSPS) is 14.8. The van der Waals surface area contributed by atoms with Gasteiger partial charge in [-0.1, -0.05) is 0 Å². The van der Waals surface area contributed by atoms with Crippen molar-refractivity contribution < 1.29 is 8.78 Å². The highest BCUT2D eigenvalue weighted by Gasteiger charge is 2.21. The Kier molecular flexibility index (Phi) is 4.34. The second-order valence-electron chi connectivity index (χ2n) is 6.43. The summed E-state index contributed by atoms with van der Waals surface area (Å²) in [7, 11) is 2.03. The SMILES string of the molecule is CN1CCN(c2cc(F)cc(F)c2)c2ccc(-c3ncccn3)cc2C1. The second-order valence-corrected chi connectivity index (χ2v) is 6.43. The molecule has 4 nitrogen and oxygen atoms in total. The Morgan fingerprint density at radius 2 is 1.65 bits per heavy atom. The quantitative estimate of drug-likeness (QED) is 0.698. The minimum atomic E-state index is -0.576. The summed E-state index contributed by atoms with van der Waals surface area (Å²) in [5.41, 5.74) is 3.45. The highest BCUT2D eigenvalue weighted by molar-refractivity contribution is 5.71. The summed E-state index contributed by atoms with van der Waals surface area (Å²) in [6, 6.07) is 11.4. The number of anilines is 2. The summed E-state index contributed by atoms with van der Waals surface area (Å²) in [4.78, 5) is 12.8. The van der Waals surface area contributed by atoms with Crippen LogP contribution in [0.2, 0.25) is 0 Å². The molecule has 1 aromatic heterocycles. The number of nitrogens with zero attached hydrogens (tertiary/aromatic N) is 4. The molecule has 26 heavy (non-hydrogen) atoms. The third-order valence-corrected chi connectivity index (χ3v) is 4.50. The first kappa shape index (κ1) is 16.6. The Bertz CT molecular complexity index is 910. The monoisotopic (exact) mass is 352 g/mol. The van der Waals surface area contributed by atoms with E-state index in [4.69, 9.17) is 0 Å². The average molecular weight is 352 g/mol. The fraction of sp³-hybridized carbons (Fsp3) is 0.200. The van der Waals surface area contributed by atoms with Crippen molar-refractivity contribution in [3.63, 3.8) is 0 Å². The van der Waals surface area contributed by atoms with Gasteiger partial charge in [0.15, 0.2) is 5.82 Å². The first-order valence-electron chi connectivity index (χ1n) is 8.42. The molecule has 0 bridgehead atoms. The van der Waals surface area contributed by atoms with E-state index >= 15 is 0 Å². The molecule has 2 aromatic carbocycles. The van der Waals surface area contributed by atoms with Crippen LogP contribution in [0.3, 0.4) is 0 Å². The molecule has 1 aliphatic heterocycles. The van der Waals surface area contributed by atoms with Crippen molar-refractivity contribution in [2.24, 2.45) is 0 Å². The minimum Gasteiger partial charge on any atom is -0.340 e. The summed E-state index contributed by atoms with van der Waals surface area (Å²) in [6.45, 7) is 2.17. The number of likely N-dealkylation sites (N-methyl/N-ethyl adjacent to an activating group) is 1. The number of benzene rings is 2. The zero-order chi connectivity index (χ0) is 18.1. The molecule has 0 N–H and O–H groups in total. The van der Waals surface area contributed by atoms with Crippen molar-refractivity contribution in [1.29, 1.82) is 0 Å². The van der Waals surface area contributed by atoms with Crippen LogP contribution in [0.5, 0.6) is 0 Å². The van der Waals surface area contributed by atoms with Gasteiger partial charge in [0.1, 0.15) is 11.6 Å². The summed E-state index contributed by atoms with van der Waals surface area (Å²) < 4.78 is 27.5. The second kappa shape index (κ2) is 6.80. The molecule has 0 saturated heterocycles. The molecule has 3 aromatic rings. The van der Waals surface area contributed by atoms with Crippen LogP contribution in [0.15, 0.2) is 54.9 Å². The van der Waals surface area contributed by atoms with Crippen LogP contribution in [0.25, 0.3) is 11.4 Å². The van der Waals surface area contributed by atoms with Gasteiger partial charge in [-0.25, -0.2) is 18.7 Å². The number of fused-ring (bicyclic) bond motifs is 1. The predicted octanol–water partition coefficient (Wildman–Crippen LogP) is 4.01. The van der Waals surface area contributed by atoms with Gasteiger partial charge in [-0.15, -0.1) is 0 Å². The largest absolute Gasteiger partial charge is 0.340 e. The van der Waals surface area contributed by atoms with Gasteiger partial charge in [-0.3, -0.25) is 0 Å². The summed E-state index contributed by atoms with van der Waals surface area (Å²) in [6.07, 6.45) is 3.42. The standard InChI is InChI=1S/C20H18F2N4/c1-25-7-8-26(18-11-16(21)10-17(22)12-18)19-4-3-14(9-15(19)13-25)20-23-5-2-6-24-20/h2-6,9-12H,7-8,13H2,1H3. The van der Waals surface area contributed by atoms with Crippen LogP contribution in [0, 0.1) is 11.6 Å². The summed E-state index contributed by atoms with van der Waals surface area (Å²) in [5.74, 6) is -0.493. The Balaban J connectivity index is 1.80. The molecule has 0 aliphatic carbocycles. The maximum Gasteiger partial charge on any atom is 0.159 e. The highest BCUT2D eigenvalue weighted by Crippen LogP contribution is 2.34. The molecule has 0 atom stereocenters. The molecule has 6 heteroatoms. The fourth-order valence-corrected chi connectivity index (χ4v) is 3.29. The first-order chi connectivity index (χ1) is 12.6. The van der Waals surface area contributed by atoms with Crippen molar-refractivity contribution in [3.8, 4) is 11.4 Å². The molecule has 0 fully saturated rings. The zero-order valence-electron chi connectivity index (χ0n) is 14.4. The number of rotatable bonds is 2. The summed E-state index contributed by atoms with van der Waals surface area (Å²) in [5, 5.41) is 0. The molecule has 0 radical (unpaired) electrons. The van der Waals surface area contributed by atoms with E-state index in [0.717, 1.165) is 36.0 Å². The van der Waals surface area contributed by atoms with Gasteiger partial charge in [0.25, 0.3) is 0 Å². The van der Waals surface area contributed by atoms with Crippen molar-refractivity contribution in [2.45, 2.75) is 6.54 Å². The lowest BCUT2D eigenvalue weighted by Gasteiger charge is -2.25. The Hall–Kier alpha value is -2.86. The number of aromatic nitrogens is 2. The topological polar surface area (TPSA) is 32.3 Å². The van der Waals surface area contributed by atoms with Gasteiger partial charge in [-0.05, 0) is 49.0 Å². The Morgan fingerprint density at radius 3 is 2.38 bits per heavy atom. The molecular weight excluding hydrogens is 334 g/mol. The van der Waals surface area contributed by atoms with Crippen molar-refractivity contribution in [1.82, 2.24) is 14.9 Å².